The highest BCUT2D eigenvalue weighted by Crippen LogP contribution is 2.32. The molecule has 1 unspecified atom stereocenters. The highest BCUT2D eigenvalue weighted by molar-refractivity contribution is 9.10. The van der Waals surface area contributed by atoms with Crippen LogP contribution in [0, 0.1) is 0 Å². The third-order valence-electron chi connectivity index (χ3n) is 2.46. The van der Waals surface area contributed by atoms with Gasteiger partial charge in [-0.1, -0.05) is 11.6 Å². The average Bonchev–Trinajstić information content (AvgIpc) is 2.77. The highest BCUT2D eigenvalue weighted by atomic mass is 79.9. The zero-order chi connectivity index (χ0) is 13.1. The van der Waals surface area contributed by atoms with Crippen molar-refractivity contribution < 1.29 is 0 Å². The molecule has 2 aromatic rings. The minimum Gasteiger partial charge on any atom is -0.376 e. The summed E-state index contributed by atoms with van der Waals surface area (Å²) in [4.78, 5) is 1.19. The molecule has 18 heavy (non-hydrogen) atoms. The van der Waals surface area contributed by atoms with Gasteiger partial charge in [0.2, 0.25) is 0 Å². The second-order valence-corrected chi connectivity index (χ2v) is 6.76. The van der Waals surface area contributed by atoms with E-state index in [9.17, 15) is 0 Å². The molecule has 1 aromatic heterocycles. The van der Waals surface area contributed by atoms with Crippen molar-refractivity contribution in [3.05, 3.63) is 48.5 Å². The summed E-state index contributed by atoms with van der Waals surface area (Å²) in [6.07, 6.45) is 0. The van der Waals surface area contributed by atoms with Crippen LogP contribution in [0.4, 0.5) is 5.69 Å². The molecule has 0 aliphatic carbocycles. The van der Waals surface area contributed by atoms with Crippen LogP contribution in [0.15, 0.2) is 38.6 Å². The van der Waals surface area contributed by atoms with Gasteiger partial charge in [0.15, 0.2) is 0 Å². The molecule has 2 nitrogen and oxygen atoms in total. The molecular formula is C12H11Br2ClN2S. The molecule has 0 amide bonds. The summed E-state index contributed by atoms with van der Waals surface area (Å²) in [5, 5.41) is 6.11. The van der Waals surface area contributed by atoms with Crippen LogP contribution in [-0.4, -0.2) is 6.54 Å². The first-order chi connectivity index (χ1) is 8.61. The van der Waals surface area contributed by atoms with Crippen LogP contribution in [0.1, 0.15) is 10.9 Å². The first kappa shape index (κ1) is 14.3. The Labute approximate surface area is 132 Å². The van der Waals surface area contributed by atoms with Gasteiger partial charge in [0, 0.05) is 26.1 Å². The normalized spacial score (nSPS) is 12.4. The lowest BCUT2D eigenvalue weighted by molar-refractivity contribution is 0.802. The van der Waals surface area contributed by atoms with Crippen molar-refractivity contribution in [2.24, 2.45) is 5.73 Å². The molecule has 0 aliphatic heterocycles. The summed E-state index contributed by atoms with van der Waals surface area (Å²) >= 11 is 14.7. The molecule has 6 heteroatoms. The number of hydrogen-bond donors (Lipinski definition) is 2. The molecule has 0 saturated carbocycles. The fourth-order valence-electron chi connectivity index (χ4n) is 1.57. The van der Waals surface area contributed by atoms with Crippen LogP contribution in [0.25, 0.3) is 0 Å². The van der Waals surface area contributed by atoms with E-state index in [0.717, 1.165) is 14.6 Å². The summed E-state index contributed by atoms with van der Waals surface area (Å²) in [5.41, 5.74) is 6.79. The molecule has 2 rings (SSSR count). The minimum atomic E-state index is 0.0802. The number of anilines is 1. The van der Waals surface area contributed by atoms with Crippen LogP contribution in [0.5, 0.6) is 0 Å². The van der Waals surface area contributed by atoms with Gasteiger partial charge in [0.25, 0.3) is 0 Å². The topological polar surface area (TPSA) is 38.0 Å². The molecule has 0 radical (unpaired) electrons. The Morgan fingerprint density at radius 2 is 2.06 bits per heavy atom. The van der Waals surface area contributed by atoms with E-state index < -0.39 is 0 Å². The first-order valence-electron chi connectivity index (χ1n) is 5.26. The Morgan fingerprint density at radius 3 is 2.61 bits per heavy atom. The van der Waals surface area contributed by atoms with E-state index in [0.29, 0.717) is 11.6 Å². The van der Waals surface area contributed by atoms with E-state index >= 15 is 0 Å². The van der Waals surface area contributed by atoms with Crippen molar-refractivity contribution in [1.82, 2.24) is 0 Å². The molecule has 0 spiro atoms. The summed E-state index contributed by atoms with van der Waals surface area (Å²) in [6, 6.07) is 7.88. The zero-order valence-electron chi connectivity index (χ0n) is 9.29. The molecule has 96 valence electrons. The number of halogens is 3. The maximum absolute atomic E-state index is 6.07. The summed E-state index contributed by atoms with van der Waals surface area (Å²) < 4.78 is 1.97. The predicted molar refractivity (Wildman–Crippen MR) is 86.6 cm³/mol. The van der Waals surface area contributed by atoms with Gasteiger partial charge in [-0.3, -0.25) is 0 Å². The van der Waals surface area contributed by atoms with Gasteiger partial charge in [0.1, 0.15) is 0 Å². The minimum absolute atomic E-state index is 0.0802. The molecule has 3 N–H and O–H groups in total. The van der Waals surface area contributed by atoms with Crippen molar-refractivity contribution in [3.63, 3.8) is 0 Å². The van der Waals surface area contributed by atoms with E-state index in [1.165, 1.54) is 4.88 Å². The molecule has 0 saturated heterocycles. The number of benzene rings is 1. The van der Waals surface area contributed by atoms with Gasteiger partial charge in [-0.25, -0.2) is 0 Å². The SMILES string of the molecule is NCC(Nc1ccc(Br)c(Cl)c1)c1sccc1Br. The summed E-state index contributed by atoms with van der Waals surface area (Å²) in [6.45, 7) is 0.521. The van der Waals surface area contributed by atoms with E-state index in [2.05, 4.69) is 37.2 Å². The van der Waals surface area contributed by atoms with Crippen molar-refractivity contribution in [2.75, 3.05) is 11.9 Å². The number of nitrogens with two attached hydrogens (primary N) is 1. The zero-order valence-corrected chi connectivity index (χ0v) is 14.0. The molecule has 1 atom stereocenters. The summed E-state index contributed by atoms with van der Waals surface area (Å²) in [7, 11) is 0. The Bertz CT molecular complexity index is 545. The number of hydrogen-bond acceptors (Lipinski definition) is 3. The van der Waals surface area contributed by atoms with Crippen LogP contribution < -0.4 is 11.1 Å². The van der Waals surface area contributed by atoms with Gasteiger partial charge < -0.3 is 11.1 Å². The Balaban J connectivity index is 2.20. The van der Waals surface area contributed by atoms with Gasteiger partial charge in [-0.2, -0.15) is 0 Å². The first-order valence-corrected chi connectivity index (χ1v) is 8.10. The quantitative estimate of drug-likeness (QED) is 0.741. The lowest BCUT2D eigenvalue weighted by Gasteiger charge is -2.18. The van der Waals surface area contributed by atoms with Gasteiger partial charge in [-0.05, 0) is 61.5 Å². The maximum atomic E-state index is 6.07. The predicted octanol–water partition coefficient (Wildman–Crippen LogP) is 5.04. The highest BCUT2D eigenvalue weighted by Gasteiger charge is 2.14. The molecular weight excluding hydrogens is 399 g/mol. The monoisotopic (exact) mass is 408 g/mol. The number of rotatable bonds is 4. The third-order valence-corrected chi connectivity index (χ3v) is 5.67. The molecule has 0 bridgehead atoms. The van der Waals surface area contributed by atoms with Gasteiger partial charge in [-0.15, -0.1) is 11.3 Å². The second-order valence-electron chi connectivity index (χ2n) is 3.69. The van der Waals surface area contributed by atoms with E-state index in [-0.39, 0.29) is 6.04 Å². The van der Waals surface area contributed by atoms with Crippen LogP contribution in [0.2, 0.25) is 5.02 Å². The Kier molecular flexibility index (Phi) is 5.09. The van der Waals surface area contributed by atoms with E-state index in [1.54, 1.807) is 11.3 Å². The molecule has 1 aromatic carbocycles. The smallest absolute Gasteiger partial charge is 0.0739 e. The van der Waals surface area contributed by atoms with Crippen molar-refractivity contribution in [1.29, 1.82) is 0 Å². The van der Waals surface area contributed by atoms with Crippen LogP contribution in [0.3, 0.4) is 0 Å². The number of thiophene rings is 1. The van der Waals surface area contributed by atoms with Crippen molar-refractivity contribution >= 4 is 60.5 Å². The van der Waals surface area contributed by atoms with Crippen LogP contribution in [-0.2, 0) is 0 Å². The Morgan fingerprint density at radius 1 is 1.28 bits per heavy atom. The van der Waals surface area contributed by atoms with Crippen molar-refractivity contribution in [3.8, 4) is 0 Å². The standard InChI is InChI=1S/C12H11Br2ClN2S/c13-8-2-1-7(5-10(8)15)17-11(6-16)12-9(14)3-4-18-12/h1-5,11,17H,6,16H2. The molecule has 0 aliphatic rings. The fourth-order valence-corrected chi connectivity index (χ4v) is 3.71. The average molecular weight is 411 g/mol. The second kappa shape index (κ2) is 6.39. The number of nitrogens with one attached hydrogen (secondary N) is 1. The third kappa shape index (κ3) is 3.27. The lowest BCUT2D eigenvalue weighted by Crippen LogP contribution is -2.19. The van der Waals surface area contributed by atoms with E-state index in [4.69, 9.17) is 17.3 Å². The Hall–Kier alpha value is -0.0700. The maximum Gasteiger partial charge on any atom is 0.0739 e. The van der Waals surface area contributed by atoms with E-state index in [1.807, 2.05) is 29.6 Å². The van der Waals surface area contributed by atoms with Gasteiger partial charge >= 0.3 is 0 Å². The van der Waals surface area contributed by atoms with Crippen LogP contribution >= 0.6 is 54.8 Å². The summed E-state index contributed by atoms with van der Waals surface area (Å²) in [5.74, 6) is 0. The lowest BCUT2D eigenvalue weighted by atomic mass is 10.2. The van der Waals surface area contributed by atoms with Gasteiger partial charge in [0.05, 0.1) is 11.1 Å². The molecule has 1 heterocycles. The molecule has 0 fully saturated rings. The fraction of sp³-hybridized carbons (Fsp3) is 0.167. The largest absolute Gasteiger partial charge is 0.376 e. The van der Waals surface area contributed by atoms with Crippen molar-refractivity contribution in [2.45, 2.75) is 6.04 Å².